The summed E-state index contributed by atoms with van der Waals surface area (Å²) in [5, 5.41) is 15.9. The van der Waals surface area contributed by atoms with Gasteiger partial charge < -0.3 is 15.7 Å². The first-order valence-electron chi connectivity index (χ1n) is 7.56. The summed E-state index contributed by atoms with van der Waals surface area (Å²) in [6.45, 7) is 2.93. The van der Waals surface area contributed by atoms with E-state index in [9.17, 15) is 9.90 Å². The molecule has 3 N–H and O–H groups in total. The summed E-state index contributed by atoms with van der Waals surface area (Å²) in [7, 11) is 0. The van der Waals surface area contributed by atoms with Gasteiger partial charge >= 0.3 is 6.03 Å². The van der Waals surface area contributed by atoms with Crippen molar-refractivity contribution in [3.63, 3.8) is 0 Å². The van der Waals surface area contributed by atoms with Crippen LogP contribution in [-0.2, 0) is 6.42 Å². The molecule has 2 atom stereocenters. The number of thioether (sulfide) groups is 1. The van der Waals surface area contributed by atoms with Gasteiger partial charge in [0.25, 0.3) is 0 Å². The predicted octanol–water partition coefficient (Wildman–Crippen LogP) is 2.96. The van der Waals surface area contributed by atoms with E-state index in [-0.39, 0.29) is 16.8 Å². The van der Waals surface area contributed by atoms with Crippen molar-refractivity contribution in [1.82, 2.24) is 10.6 Å². The number of hydrogen-bond acceptors (Lipinski definition) is 3. The molecule has 1 aromatic rings. The molecule has 2 unspecified atom stereocenters. The molecule has 0 bridgehead atoms. The third-order valence-corrected chi connectivity index (χ3v) is 6.01. The molecule has 114 valence electrons. The quantitative estimate of drug-likeness (QED) is 0.804. The zero-order valence-corrected chi connectivity index (χ0v) is 13.1. The fourth-order valence-corrected chi connectivity index (χ4v) is 4.48. The van der Waals surface area contributed by atoms with Gasteiger partial charge in [0, 0.05) is 11.3 Å². The number of carbonyl (C=O) groups is 1. The highest BCUT2D eigenvalue weighted by molar-refractivity contribution is 8.00. The van der Waals surface area contributed by atoms with Gasteiger partial charge in [-0.3, -0.25) is 0 Å². The molecular weight excluding hydrogens is 284 g/mol. The van der Waals surface area contributed by atoms with Crippen molar-refractivity contribution in [2.24, 2.45) is 0 Å². The molecule has 0 radical (unpaired) electrons. The normalized spacial score (nSPS) is 27.4. The van der Waals surface area contributed by atoms with E-state index in [4.69, 9.17) is 0 Å². The minimum atomic E-state index is -0.107. The molecule has 0 aromatic heterocycles. The average Bonchev–Trinajstić information content (AvgIpc) is 3.06. The zero-order valence-electron chi connectivity index (χ0n) is 12.3. The number of urea groups is 1. The van der Waals surface area contributed by atoms with Crippen LogP contribution >= 0.6 is 11.8 Å². The van der Waals surface area contributed by atoms with E-state index < -0.39 is 0 Å². The minimum absolute atomic E-state index is 0.0103. The van der Waals surface area contributed by atoms with Gasteiger partial charge in [0.05, 0.1) is 6.04 Å². The van der Waals surface area contributed by atoms with Crippen LogP contribution in [-0.4, -0.2) is 28.2 Å². The molecule has 3 rings (SSSR count). The molecule has 0 spiro atoms. The maximum Gasteiger partial charge on any atom is 0.315 e. The highest BCUT2D eigenvalue weighted by atomic mass is 32.2. The summed E-state index contributed by atoms with van der Waals surface area (Å²) in [6, 6.07) is 5.43. The second-order valence-electron chi connectivity index (χ2n) is 6.17. The second kappa shape index (κ2) is 5.79. The number of nitrogens with one attached hydrogen (secondary N) is 2. The van der Waals surface area contributed by atoms with Crippen molar-refractivity contribution < 1.29 is 9.90 Å². The number of aromatic hydroxyl groups is 1. The molecule has 1 aliphatic carbocycles. The van der Waals surface area contributed by atoms with Gasteiger partial charge in [0.1, 0.15) is 5.75 Å². The summed E-state index contributed by atoms with van der Waals surface area (Å²) in [4.78, 5) is 12.1. The van der Waals surface area contributed by atoms with Crippen LogP contribution in [0, 0.1) is 0 Å². The van der Waals surface area contributed by atoms with E-state index in [2.05, 4.69) is 17.6 Å². The monoisotopic (exact) mass is 306 g/mol. The van der Waals surface area contributed by atoms with Crippen LogP contribution < -0.4 is 10.6 Å². The number of fused-ring (bicyclic) bond motifs is 1. The van der Waals surface area contributed by atoms with E-state index in [1.165, 1.54) is 12.2 Å². The van der Waals surface area contributed by atoms with Crippen LogP contribution in [0.1, 0.15) is 43.4 Å². The van der Waals surface area contributed by atoms with Crippen molar-refractivity contribution in [2.45, 2.75) is 43.4 Å². The van der Waals surface area contributed by atoms with Crippen molar-refractivity contribution in [3.05, 3.63) is 29.3 Å². The Labute approximate surface area is 129 Å². The lowest BCUT2D eigenvalue weighted by atomic mass is 10.1. The van der Waals surface area contributed by atoms with Crippen molar-refractivity contribution in [1.29, 1.82) is 0 Å². The Balaban J connectivity index is 1.56. The minimum Gasteiger partial charge on any atom is -0.508 e. The Morgan fingerprint density at radius 1 is 1.52 bits per heavy atom. The third kappa shape index (κ3) is 3.12. The molecule has 4 nitrogen and oxygen atoms in total. The van der Waals surface area contributed by atoms with Gasteiger partial charge in [0.2, 0.25) is 0 Å². The van der Waals surface area contributed by atoms with Crippen LogP contribution in [0.15, 0.2) is 18.2 Å². The van der Waals surface area contributed by atoms with E-state index in [0.717, 1.165) is 30.4 Å². The first-order valence-corrected chi connectivity index (χ1v) is 8.55. The summed E-state index contributed by atoms with van der Waals surface area (Å²) < 4.78 is 0.184. The number of benzene rings is 1. The van der Waals surface area contributed by atoms with Gasteiger partial charge in [-0.05, 0) is 55.6 Å². The lowest BCUT2D eigenvalue weighted by Crippen LogP contribution is -2.43. The van der Waals surface area contributed by atoms with E-state index in [1.54, 1.807) is 6.07 Å². The van der Waals surface area contributed by atoms with E-state index in [0.29, 0.717) is 12.3 Å². The maximum absolute atomic E-state index is 12.1. The highest BCUT2D eigenvalue weighted by Gasteiger charge is 2.30. The summed E-state index contributed by atoms with van der Waals surface area (Å²) in [6.07, 6.45) is 4.07. The zero-order chi connectivity index (χ0) is 14.9. The van der Waals surface area contributed by atoms with E-state index in [1.807, 2.05) is 23.9 Å². The first kappa shape index (κ1) is 14.6. The Hall–Kier alpha value is -1.36. The van der Waals surface area contributed by atoms with Gasteiger partial charge in [-0.2, -0.15) is 11.8 Å². The topological polar surface area (TPSA) is 61.4 Å². The lowest BCUT2D eigenvalue weighted by molar-refractivity contribution is 0.236. The summed E-state index contributed by atoms with van der Waals surface area (Å²) in [5.74, 6) is 1.53. The number of phenols is 1. The van der Waals surface area contributed by atoms with Crippen LogP contribution in [0.4, 0.5) is 4.79 Å². The fraction of sp³-hybridized carbons (Fsp3) is 0.562. The SMILES string of the molecule is CC1(CNC(=O)NC2CCc3c(O)cccc32)CCCS1. The molecule has 21 heavy (non-hydrogen) atoms. The highest BCUT2D eigenvalue weighted by Crippen LogP contribution is 2.37. The van der Waals surface area contributed by atoms with Gasteiger partial charge in [0.15, 0.2) is 0 Å². The lowest BCUT2D eigenvalue weighted by Gasteiger charge is -2.24. The van der Waals surface area contributed by atoms with Crippen LogP contribution in [0.3, 0.4) is 0 Å². The molecule has 0 saturated carbocycles. The Morgan fingerprint density at radius 2 is 2.38 bits per heavy atom. The first-order chi connectivity index (χ1) is 10.1. The fourth-order valence-electron chi connectivity index (χ4n) is 3.24. The van der Waals surface area contributed by atoms with Gasteiger partial charge in [-0.15, -0.1) is 0 Å². The average molecular weight is 306 g/mol. The molecule has 1 aromatic carbocycles. The van der Waals surface area contributed by atoms with Gasteiger partial charge in [-0.1, -0.05) is 12.1 Å². The Kier molecular flexibility index (Phi) is 4.02. The number of phenolic OH excluding ortho intramolecular Hbond substituents is 1. The summed E-state index contributed by atoms with van der Waals surface area (Å²) >= 11 is 1.94. The molecular formula is C16H22N2O2S. The van der Waals surface area contributed by atoms with Gasteiger partial charge in [-0.25, -0.2) is 4.79 Å². The van der Waals surface area contributed by atoms with E-state index >= 15 is 0 Å². The number of rotatable bonds is 3. The molecule has 1 aliphatic heterocycles. The Bertz CT molecular complexity index is 541. The maximum atomic E-state index is 12.1. The van der Waals surface area contributed by atoms with Crippen molar-refractivity contribution in [2.75, 3.05) is 12.3 Å². The standard InChI is InChI=1S/C16H22N2O2S/c1-16(8-3-9-21-16)10-17-15(20)18-13-7-6-12-11(13)4-2-5-14(12)19/h2,4-5,13,19H,3,6-10H2,1H3,(H2,17,18,20). The predicted molar refractivity (Wildman–Crippen MR) is 85.8 cm³/mol. The number of carbonyl (C=O) groups excluding carboxylic acids is 1. The molecule has 1 heterocycles. The third-order valence-electron chi connectivity index (χ3n) is 4.47. The van der Waals surface area contributed by atoms with Crippen LogP contribution in [0.2, 0.25) is 0 Å². The molecule has 2 amide bonds. The van der Waals surface area contributed by atoms with Crippen LogP contribution in [0.5, 0.6) is 5.75 Å². The molecule has 5 heteroatoms. The molecule has 1 saturated heterocycles. The Morgan fingerprint density at radius 3 is 3.14 bits per heavy atom. The smallest absolute Gasteiger partial charge is 0.315 e. The largest absolute Gasteiger partial charge is 0.508 e. The number of hydrogen-bond donors (Lipinski definition) is 3. The summed E-state index contributed by atoms with van der Waals surface area (Å²) in [5.41, 5.74) is 2.02. The van der Waals surface area contributed by atoms with Crippen LogP contribution in [0.25, 0.3) is 0 Å². The number of amides is 2. The van der Waals surface area contributed by atoms with Crippen molar-refractivity contribution >= 4 is 17.8 Å². The molecule has 2 aliphatic rings. The van der Waals surface area contributed by atoms with Crippen molar-refractivity contribution in [3.8, 4) is 5.75 Å². The second-order valence-corrected chi connectivity index (χ2v) is 7.85. The molecule has 1 fully saturated rings.